The van der Waals surface area contributed by atoms with Crippen molar-refractivity contribution < 1.29 is 4.79 Å². The molecule has 0 bridgehead atoms. The van der Waals surface area contributed by atoms with Crippen LogP contribution >= 0.6 is 12.2 Å². The Hall–Kier alpha value is -1.10. The molecule has 1 aliphatic rings. The van der Waals surface area contributed by atoms with Gasteiger partial charge >= 0.3 is 0 Å². The largest absolute Gasteiger partial charge is 0.343 e. The van der Waals surface area contributed by atoms with Gasteiger partial charge in [-0.3, -0.25) is 4.79 Å². The maximum absolute atomic E-state index is 11.8. The van der Waals surface area contributed by atoms with Gasteiger partial charge in [0, 0.05) is 37.9 Å². The van der Waals surface area contributed by atoms with Gasteiger partial charge in [-0.05, 0) is 32.0 Å². The summed E-state index contributed by atoms with van der Waals surface area (Å²) in [6, 6.07) is 0. The number of likely N-dealkylation sites (tertiary alicyclic amines) is 1. The summed E-state index contributed by atoms with van der Waals surface area (Å²) in [5.74, 6) is 0.248. The van der Waals surface area contributed by atoms with Crippen molar-refractivity contribution in [2.75, 3.05) is 13.1 Å². The predicted molar refractivity (Wildman–Crippen MR) is 64.8 cm³/mol. The van der Waals surface area contributed by atoms with Crippen LogP contribution in [0, 0.1) is 11.7 Å². The molecule has 5 heteroatoms. The Bertz CT molecular complexity index is 429. The van der Waals surface area contributed by atoms with Gasteiger partial charge in [-0.1, -0.05) is 0 Å². The maximum Gasteiger partial charge on any atom is 0.224 e. The quantitative estimate of drug-likeness (QED) is 0.818. The van der Waals surface area contributed by atoms with E-state index in [2.05, 4.69) is 4.98 Å². The van der Waals surface area contributed by atoms with Crippen molar-refractivity contribution in [3.05, 3.63) is 16.7 Å². The Morgan fingerprint density at radius 1 is 1.50 bits per heavy atom. The van der Waals surface area contributed by atoms with E-state index in [9.17, 15) is 4.79 Å². The summed E-state index contributed by atoms with van der Waals surface area (Å²) in [7, 11) is 0. The van der Waals surface area contributed by atoms with Crippen molar-refractivity contribution in [3.63, 3.8) is 0 Å². The summed E-state index contributed by atoms with van der Waals surface area (Å²) in [6.45, 7) is 4.50. The molecule has 1 aromatic rings. The van der Waals surface area contributed by atoms with E-state index in [0.717, 1.165) is 31.6 Å². The number of rotatable bonds is 3. The highest BCUT2D eigenvalue weighted by Gasteiger charge is 2.17. The molecule has 2 heterocycles. The van der Waals surface area contributed by atoms with E-state index < -0.39 is 0 Å². The minimum Gasteiger partial charge on any atom is -0.343 e. The highest BCUT2D eigenvalue weighted by atomic mass is 32.1. The first-order valence-corrected chi connectivity index (χ1v) is 6.11. The SMILES string of the molecule is Cc1cn(CCC(=O)N2CCCC2)c(=S)[nH]1. The normalized spacial score (nSPS) is 15.7. The van der Waals surface area contributed by atoms with Crippen molar-refractivity contribution in [1.29, 1.82) is 0 Å². The molecule has 2 rings (SSSR count). The number of nitrogens with zero attached hydrogens (tertiary/aromatic N) is 2. The van der Waals surface area contributed by atoms with Gasteiger partial charge in [0.25, 0.3) is 0 Å². The first kappa shape index (κ1) is 11.4. The Morgan fingerprint density at radius 3 is 2.75 bits per heavy atom. The van der Waals surface area contributed by atoms with Crippen LogP contribution in [0.1, 0.15) is 25.0 Å². The number of imidazole rings is 1. The summed E-state index contributed by atoms with van der Waals surface area (Å²) in [4.78, 5) is 16.8. The molecule has 1 amide bonds. The zero-order valence-electron chi connectivity index (χ0n) is 9.53. The lowest BCUT2D eigenvalue weighted by atomic mass is 10.3. The molecule has 4 nitrogen and oxygen atoms in total. The number of aryl methyl sites for hydroxylation is 2. The molecule has 1 aromatic heterocycles. The second kappa shape index (κ2) is 4.82. The molecule has 0 aliphatic carbocycles. The lowest BCUT2D eigenvalue weighted by Gasteiger charge is -2.14. The molecule has 0 unspecified atom stereocenters. The molecule has 1 aliphatic heterocycles. The van der Waals surface area contributed by atoms with Crippen molar-refractivity contribution in [2.45, 2.75) is 32.7 Å². The molecular weight excluding hydrogens is 222 g/mol. The van der Waals surface area contributed by atoms with Gasteiger partial charge in [0.1, 0.15) is 0 Å². The highest BCUT2D eigenvalue weighted by molar-refractivity contribution is 7.71. The van der Waals surface area contributed by atoms with E-state index in [0.29, 0.717) is 17.7 Å². The average molecular weight is 239 g/mol. The standard InChI is InChI=1S/C11H17N3OS/c1-9-8-14(11(16)12-9)7-4-10(15)13-5-2-3-6-13/h8H,2-7H2,1H3,(H,12,16). The van der Waals surface area contributed by atoms with Gasteiger partial charge in [0.15, 0.2) is 4.77 Å². The van der Waals surface area contributed by atoms with Crippen LogP contribution in [0.3, 0.4) is 0 Å². The van der Waals surface area contributed by atoms with Gasteiger partial charge in [0.2, 0.25) is 5.91 Å². The fourth-order valence-corrected chi connectivity index (χ4v) is 2.38. The van der Waals surface area contributed by atoms with E-state index in [-0.39, 0.29) is 5.91 Å². The molecule has 88 valence electrons. The van der Waals surface area contributed by atoms with Crippen molar-refractivity contribution in [1.82, 2.24) is 14.5 Å². The average Bonchev–Trinajstić information content (AvgIpc) is 2.84. The van der Waals surface area contributed by atoms with Crippen LogP contribution in [0.25, 0.3) is 0 Å². The van der Waals surface area contributed by atoms with Crippen LogP contribution in [0.4, 0.5) is 0 Å². The molecule has 0 radical (unpaired) electrons. The third-order valence-corrected chi connectivity index (χ3v) is 3.28. The fourth-order valence-electron chi connectivity index (χ4n) is 2.07. The fraction of sp³-hybridized carbons (Fsp3) is 0.636. The molecule has 16 heavy (non-hydrogen) atoms. The molecular formula is C11H17N3OS. The van der Waals surface area contributed by atoms with Crippen LogP contribution in [-0.4, -0.2) is 33.4 Å². The number of hydrogen-bond acceptors (Lipinski definition) is 2. The van der Waals surface area contributed by atoms with E-state index >= 15 is 0 Å². The lowest BCUT2D eigenvalue weighted by molar-refractivity contribution is -0.130. The van der Waals surface area contributed by atoms with Crippen LogP contribution in [-0.2, 0) is 11.3 Å². The molecule has 0 saturated carbocycles. The molecule has 1 fully saturated rings. The van der Waals surface area contributed by atoms with E-state index in [1.165, 1.54) is 0 Å². The number of H-pyrrole nitrogens is 1. The van der Waals surface area contributed by atoms with Crippen molar-refractivity contribution >= 4 is 18.1 Å². The Kier molecular flexibility index (Phi) is 3.43. The zero-order chi connectivity index (χ0) is 11.5. The number of aromatic nitrogens is 2. The minimum atomic E-state index is 0.248. The molecule has 0 aromatic carbocycles. The number of nitrogens with one attached hydrogen (secondary N) is 1. The van der Waals surface area contributed by atoms with Crippen LogP contribution < -0.4 is 0 Å². The maximum atomic E-state index is 11.8. The lowest BCUT2D eigenvalue weighted by Crippen LogP contribution is -2.28. The summed E-state index contributed by atoms with van der Waals surface area (Å²) < 4.78 is 2.63. The van der Waals surface area contributed by atoms with Gasteiger partial charge in [-0.2, -0.15) is 0 Å². The van der Waals surface area contributed by atoms with Crippen molar-refractivity contribution in [2.24, 2.45) is 0 Å². The first-order valence-electron chi connectivity index (χ1n) is 5.70. The van der Waals surface area contributed by atoms with Crippen LogP contribution in [0.15, 0.2) is 6.20 Å². The van der Waals surface area contributed by atoms with Gasteiger partial charge < -0.3 is 14.5 Å². The minimum absolute atomic E-state index is 0.248. The molecule has 1 saturated heterocycles. The van der Waals surface area contributed by atoms with Gasteiger partial charge in [-0.15, -0.1) is 0 Å². The Morgan fingerprint density at radius 2 is 2.19 bits per heavy atom. The third kappa shape index (κ3) is 2.52. The number of aromatic amines is 1. The smallest absolute Gasteiger partial charge is 0.224 e. The number of amides is 1. The highest BCUT2D eigenvalue weighted by Crippen LogP contribution is 2.09. The molecule has 0 spiro atoms. The first-order chi connectivity index (χ1) is 7.66. The Labute approximate surface area is 100 Å². The van der Waals surface area contributed by atoms with E-state index in [1.54, 1.807) is 0 Å². The monoisotopic (exact) mass is 239 g/mol. The van der Waals surface area contributed by atoms with Crippen LogP contribution in [0.5, 0.6) is 0 Å². The second-order valence-electron chi connectivity index (χ2n) is 4.27. The number of hydrogen-bond donors (Lipinski definition) is 1. The second-order valence-corrected chi connectivity index (χ2v) is 4.66. The molecule has 1 N–H and O–H groups in total. The number of carbonyl (C=O) groups excluding carboxylic acids is 1. The summed E-state index contributed by atoms with van der Waals surface area (Å²) in [6.07, 6.45) is 4.80. The summed E-state index contributed by atoms with van der Waals surface area (Å²) >= 11 is 5.14. The van der Waals surface area contributed by atoms with E-state index in [4.69, 9.17) is 12.2 Å². The molecule has 0 atom stereocenters. The van der Waals surface area contributed by atoms with Gasteiger partial charge in [0.05, 0.1) is 0 Å². The van der Waals surface area contributed by atoms with Crippen molar-refractivity contribution in [3.8, 4) is 0 Å². The van der Waals surface area contributed by atoms with Crippen LogP contribution in [0.2, 0.25) is 0 Å². The number of carbonyl (C=O) groups is 1. The Balaban J connectivity index is 1.89. The van der Waals surface area contributed by atoms with E-state index in [1.807, 2.05) is 22.6 Å². The summed E-state index contributed by atoms with van der Waals surface area (Å²) in [5, 5.41) is 0. The third-order valence-electron chi connectivity index (χ3n) is 2.94. The van der Waals surface area contributed by atoms with Gasteiger partial charge in [-0.25, -0.2) is 0 Å². The topological polar surface area (TPSA) is 41.0 Å². The zero-order valence-corrected chi connectivity index (χ0v) is 10.3. The predicted octanol–water partition coefficient (Wildman–Crippen LogP) is 1.87. The summed E-state index contributed by atoms with van der Waals surface area (Å²) in [5.41, 5.74) is 1.04.